The summed E-state index contributed by atoms with van der Waals surface area (Å²) in [5, 5.41) is 5.77. The molecule has 0 bridgehead atoms. The van der Waals surface area contributed by atoms with Gasteiger partial charge in [-0.2, -0.15) is 0 Å². The second-order valence-electron chi connectivity index (χ2n) is 4.85. The van der Waals surface area contributed by atoms with E-state index in [9.17, 15) is 9.59 Å². The Labute approximate surface area is 137 Å². The summed E-state index contributed by atoms with van der Waals surface area (Å²) in [6.45, 7) is 1.86. The lowest BCUT2D eigenvalue weighted by molar-refractivity contribution is -0.120. The molecule has 0 radical (unpaired) electrons. The molecule has 0 aliphatic heterocycles. The molecule has 2 N–H and O–H groups in total. The van der Waals surface area contributed by atoms with Gasteiger partial charge in [0.25, 0.3) is 5.91 Å². The highest BCUT2D eigenvalue weighted by atomic mass is 35.5. The molecule has 0 atom stereocenters. The number of hydrogen-bond acceptors (Lipinski definition) is 4. The Morgan fingerprint density at radius 1 is 1.27 bits per heavy atom. The molecule has 2 amide bonds. The molecule has 6 nitrogen and oxygen atoms in total. The van der Waals surface area contributed by atoms with Gasteiger partial charge in [-0.05, 0) is 17.7 Å². The molecule has 0 saturated heterocycles. The van der Waals surface area contributed by atoms with Crippen molar-refractivity contribution in [2.24, 2.45) is 0 Å². The molecule has 1 aromatic carbocycles. The summed E-state index contributed by atoms with van der Waals surface area (Å²) in [4.78, 5) is 25.0. The highest BCUT2D eigenvalue weighted by molar-refractivity contribution is 5.94. The topological polar surface area (TPSA) is 70.7 Å². The minimum absolute atomic E-state index is 0. The molecule has 0 unspecified atom stereocenters. The molecular weight excluding hydrogens is 306 g/mol. The molecule has 0 heterocycles. The maximum Gasteiger partial charge on any atom is 0.253 e. The summed E-state index contributed by atoms with van der Waals surface area (Å²) in [6.07, 6.45) is 0. The van der Waals surface area contributed by atoms with Crippen molar-refractivity contribution in [1.82, 2.24) is 15.5 Å². The molecule has 124 valence electrons. The number of ether oxygens (including phenoxy) is 1. The standard InChI is InChI=1S/C15H23N3O3.ClH/c1-18(2)15(20)13-6-4-5-12(9-13)10-17-14(19)11-16-7-8-21-3;/h4-6,9,16H,7-8,10-11H2,1-3H3,(H,17,19);1H. The lowest BCUT2D eigenvalue weighted by atomic mass is 10.1. The van der Waals surface area contributed by atoms with Gasteiger partial charge in [-0.15, -0.1) is 12.4 Å². The van der Waals surface area contributed by atoms with Gasteiger partial charge >= 0.3 is 0 Å². The molecule has 0 fully saturated rings. The molecule has 0 aliphatic carbocycles. The monoisotopic (exact) mass is 329 g/mol. The maximum atomic E-state index is 11.9. The van der Waals surface area contributed by atoms with Gasteiger partial charge in [-0.1, -0.05) is 12.1 Å². The first-order valence-electron chi connectivity index (χ1n) is 6.81. The molecule has 7 heteroatoms. The van der Waals surface area contributed by atoms with Crippen LogP contribution >= 0.6 is 12.4 Å². The molecule has 0 spiro atoms. The van der Waals surface area contributed by atoms with Crippen molar-refractivity contribution < 1.29 is 14.3 Å². The van der Waals surface area contributed by atoms with E-state index in [-0.39, 0.29) is 30.8 Å². The van der Waals surface area contributed by atoms with Gasteiger partial charge < -0.3 is 20.3 Å². The minimum Gasteiger partial charge on any atom is -0.383 e. The number of carbonyl (C=O) groups is 2. The first kappa shape index (κ1) is 20.4. The highest BCUT2D eigenvalue weighted by Crippen LogP contribution is 2.07. The van der Waals surface area contributed by atoms with Crippen molar-refractivity contribution in [3.05, 3.63) is 35.4 Å². The minimum atomic E-state index is -0.0876. The summed E-state index contributed by atoms with van der Waals surface area (Å²) >= 11 is 0. The number of carbonyl (C=O) groups excluding carboxylic acids is 2. The Morgan fingerprint density at radius 2 is 2.00 bits per heavy atom. The van der Waals surface area contributed by atoms with Crippen molar-refractivity contribution in [3.8, 4) is 0 Å². The smallest absolute Gasteiger partial charge is 0.253 e. The zero-order chi connectivity index (χ0) is 15.7. The number of benzene rings is 1. The number of nitrogens with zero attached hydrogens (tertiary/aromatic N) is 1. The van der Waals surface area contributed by atoms with Gasteiger partial charge in [0.1, 0.15) is 0 Å². The highest BCUT2D eigenvalue weighted by Gasteiger charge is 2.08. The Hall–Kier alpha value is -1.63. The number of methoxy groups -OCH3 is 1. The van der Waals surface area contributed by atoms with E-state index in [2.05, 4.69) is 10.6 Å². The zero-order valence-electron chi connectivity index (χ0n) is 13.2. The zero-order valence-corrected chi connectivity index (χ0v) is 14.0. The SMILES string of the molecule is COCCNCC(=O)NCc1cccc(C(=O)N(C)C)c1.Cl. The average Bonchev–Trinajstić information content (AvgIpc) is 2.49. The summed E-state index contributed by atoms with van der Waals surface area (Å²) in [5.41, 5.74) is 1.51. The predicted octanol–water partition coefficient (Wildman–Crippen LogP) is 0.662. The van der Waals surface area contributed by atoms with E-state index < -0.39 is 0 Å². The van der Waals surface area contributed by atoms with Gasteiger partial charge in [0.05, 0.1) is 13.2 Å². The summed E-state index contributed by atoms with van der Waals surface area (Å²) in [5.74, 6) is -0.139. The Kier molecular flexibility index (Phi) is 10.2. The summed E-state index contributed by atoms with van der Waals surface area (Å²) in [6, 6.07) is 7.25. The van der Waals surface area contributed by atoms with E-state index in [4.69, 9.17) is 4.74 Å². The lowest BCUT2D eigenvalue weighted by Gasteiger charge is -2.11. The van der Waals surface area contributed by atoms with Crippen molar-refractivity contribution in [2.75, 3.05) is 40.9 Å². The average molecular weight is 330 g/mol. The van der Waals surface area contributed by atoms with Gasteiger partial charge in [0.15, 0.2) is 0 Å². The van der Waals surface area contributed by atoms with Crippen molar-refractivity contribution in [2.45, 2.75) is 6.54 Å². The van der Waals surface area contributed by atoms with E-state index in [1.54, 1.807) is 33.3 Å². The Balaban J connectivity index is 0.00000441. The number of halogens is 1. The number of hydrogen-bond donors (Lipinski definition) is 2. The molecule has 1 rings (SSSR count). The molecule has 0 aromatic heterocycles. The van der Waals surface area contributed by atoms with Crippen LogP contribution in [-0.4, -0.2) is 57.6 Å². The van der Waals surface area contributed by atoms with Crippen molar-refractivity contribution in [1.29, 1.82) is 0 Å². The largest absolute Gasteiger partial charge is 0.383 e. The number of rotatable bonds is 8. The molecule has 1 aromatic rings. The van der Waals surface area contributed by atoms with Crippen LogP contribution in [0.2, 0.25) is 0 Å². The second kappa shape index (κ2) is 11.0. The fourth-order valence-electron chi connectivity index (χ4n) is 1.71. The Bertz CT molecular complexity index is 481. The molecule has 22 heavy (non-hydrogen) atoms. The van der Waals surface area contributed by atoms with Crippen LogP contribution in [-0.2, 0) is 16.1 Å². The van der Waals surface area contributed by atoms with Crippen LogP contribution in [0.15, 0.2) is 24.3 Å². The van der Waals surface area contributed by atoms with Crippen LogP contribution in [0.1, 0.15) is 15.9 Å². The first-order chi connectivity index (χ1) is 10.0. The fourth-order valence-corrected chi connectivity index (χ4v) is 1.71. The van der Waals surface area contributed by atoms with E-state index in [0.717, 1.165) is 5.56 Å². The lowest BCUT2D eigenvalue weighted by Crippen LogP contribution is -2.34. The summed E-state index contributed by atoms with van der Waals surface area (Å²) < 4.78 is 4.88. The molecular formula is C15H24ClN3O3. The van der Waals surface area contributed by atoms with E-state index in [0.29, 0.717) is 25.3 Å². The van der Waals surface area contributed by atoms with E-state index in [1.165, 1.54) is 4.90 Å². The third-order valence-electron chi connectivity index (χ3n) is 2.84. The number of nitrogens with one attached hydrogen (secondary N) is 2. The summed E-state index contributed by atoms with van der Waals surface area (Å²) in [7, 11) is 5.04. The first-order valence-corrected chi connectivity index (χ1v) is 6.81. The van der Waals surface area contributed by atoms with Crippen LogP contribution in [0.25, 0.3) is 0 Å². The quantitative estimate of drug-likeness (QED) is 0.687. The second-order valence-corrected chi connectivity index (χ2v) is 4.85. The Morgan fingerprint density at radius 3 is 2.64 bits per heavy atom. The van der Waals surface area contributed by atoms with Crippen molar-refractivity contribution in [3.63, 3.8) is 0 Å². The normalized spacial score (nSPS) is 9.77. The van der Waals surface area contributed by atoms with E-state index in [1.807, 2.05) is 12.1 Å². The van der Waals surface area contributed by atoms with Gasteiger partial charge in [-0.3, -0.25) is 9.59 Å². The van der Waals surface area contributed by atoms with Crippen LogP contribution in [0, 0.1) is 0 Å². The van der Waals surface area contributed by atoms with E-state index >= 15 is 0 Å². The fraction of sp³-hybridized carbons (Fsp3) is 0.467. The third kappa shape index (κ3) is 7.40. The molecule has 0 saturated carbocycles. The van der Waals surface area contributed by atoms with Crippen LogP contribution in [0.4, 0.5) is 0 Å². The third-order valence-corrected chi connectivity index (χ3v) is 2.84. The van der Waals surface area contributed by atoms with Crippen LogP contribution in [0.5, 0.6) is 0 Å². The van der Waals surface area contributed by atoms with Gasteiger partial charge in [0.2, 0.25) is 5.91 Å². The van der Waals surface area contributed by atoms with Gasteiger partial charge in [-0.25, -0.2) is 0 Å². The maximum absolute atomic E-state index is 11.9. The molecule has 0 aliphatic rings. The van der Waals surface area contributed by atoms with Crippen molar-refractivity contribution >= 4 is 24.2 Å². The van der Waals surface area contributed by atoms with Crippen LogP contribution in [0.3, 0.4) is 0 Å². The van der Waals surface area contributed by atoms with Crippen LogP contribution < -0.4 is 10.6 Å². The van der Waals surface area contributed by atoms with Gasteiger partial charge in [0, 0.05) is 39.9 Å². The number of amides is 2. The predicted molar refractivity (Wildman–Crippen MR) is 88.3 cm³/mol.